The van der Waals surface area contributed by atoms with Gasteiger partial charge < -0.3 is 14.2 Å². The van der Waals surface area contributed by atoms with E-state index in [-0.39, 0.29) is 31.1 Å². The quantitative estimate of drug-likeness (QED) is 0.0261. The number of ether oxygens (including phenoxy) is 3. The van der Waals surface area contributed by atoms with Crippen molar-refractivity contribution in [3.8, 4) is 0 Å². The van der Waals surface area contributed by atoms with Crippen LogP contribution in [-0.2, 0) is 28.6 Å². The van der Waals surface area contributed by atoms with Crippen molar-refractivity contribution in [1.29, 1.82) is 0 Å². The van der Waals surface area contributed by atoms with E-state index >= 15 is 0 Å². The number of unbranched alkanes of at least 4 members (excludes halogenated alkanes) is 41. The Bertz CT molecular complexity index is 1570. The van der Waals surface area contributed by atoms with Gasteiger partial charge in [-0.05, 0) is 116 Å². The summed E-state index contributed by atoms with van der Waals surface area (Å²) in [4.78, 5) is 38.4. The number of allylic oxidation sites excluding steroid dienone is 14. The number of carbonyl (C=O) groups excluding carboxylic acids is 3. The average Bonchev–Trinajstić information content (AvgIpc) is 3.49. The zero-order valence-electron chi connectivity index (χ0n) is 55.2. The van der Waals surface area contributed by atoms with Gasteiger partial charge in [-0.15, -0.1) is 0 Å². The lowest BCUT2D eigenvalue weighted by atomic mass is 10.0. The summed E-state index contributed by atoms with van der Waals surface area (Å²) in [5.74, 6) is -0.888. The van der Waals surface area contributed by atoms with Gasteiger partial charge in [0.25, 0.3) is 0 Å². The van der Waals surface area contributed by atoms with Gasteiger partial charge in [0.2, 0.25) is 0 Å². The van der Waals surface area contributed by atoms with E-state index in [0.29, 0.717) is 19.3 Å². The minimum atomic E-state index is -0.788. The lowest BCUT2D eigenvalue weighted by Gasteiger charge is -2.18. The van der Waals surface area contributed by atoms with Crippen LogP contribution >= 0.6 is 0 Å². The molecule has 6 nitrogen and oxygen atoms in total. The van der Waals surface area contributed by atoms with Gasteiger partial charge in [-0.1, -0.05) is 318 Å². The van der Waals surface area contributed by atoms with Gasteiger partial charge in [0.05, 0.1) is 0 Å². The minimum Gasteiger partial charge on any atom is -0.462 e. The van der Waals surface area contributed by atoms with Crippen molar-refractivity contribution in [2.24, 2.45) is 0 Å². The Hall–Kier alpha value is -3.41. The van der Waals surface area contributed by atoms with Crippen molar-refractivity contribution < 1.29 is 28.6 Å². The van der Waals surface area contributed by atoms with Crippen molar-refractivity contribution in [1.82, 2.24) is 0 Å². The molecule has 0 saturated carbocycles. The fourth-order valence-corrected chi connectivity index (χ4v) is 10.5. The first-order valence-electron chi connectivity index (χ1n) is 36.1. The maximum absolute atomic E-state index is 12.9. The van der Waals surface area contributed by atoms with Gasteiger partial charge in [0.1, 0.15) is 13.2 Å². The highest BCUT2D eigenvalue weighted by Crippen LogP contribution is 2.18. The molecule has 0 rings (SSSR count). The molecule has 0 saturated heterocycles. The molecule has 0 fully saturated rings. The topological polar surface area (TPSA) is 78.9 Å². The van der Waals surface area contributed by atoms with Crippen molar-refractivity contribution in [3.63, 3.8) is 0 Å². The van der Waals surface area contributed by atoms with Gasteiger partial charge in [-0.25, -0.2) is 0 Å². The number of rotatable bonds is 66. The molecule has 0 aromatic heterocycles. The Morgan fingerprint density at radius 3 is 0.759 bits per heavy atom. The number of esters is 3. The first-order chi connectivity index (χ1) is 41.0. The molecule has 6 heteroatoms. The predicted molar refractivity (Wildman–Crippen MR) is 362 cm³/mol. The van der Waals surface area contributed by atoms with E-state index in [9.17, 15) is 14.4 Å². The van der Waals surface area contributed by atoms with Crippen LogP contribution in [0.5, 0.6) is 0 Å². The number of carbonyl (C=O) groups is 3. The molecule has 0 heterocycles. The van der Waals surface area contributed by atoms with Crippen molar-refractivity contribution in [3.05, 3.63) is 85.1 Å². The molecule has 0 aromatic rings. The van der Waals surface area contributed by atoms with Crippen LogP contribution in [0.1, 0.15) is 367 Å². The Kier molecular flexibility index (Phi) is 68.2. The standard InChI is InChI=1S/C77H136O6/c1-4-7-10-13-16-19-22-25-28-30-31-32-33-34-35-36-37-38-39-40-41-42-43-44-45-47-49-52-55-58-61-64-67-70-76(79)82-73-74(72-81-75(78)69-66-63-60-57-54-51-48-27-24-21-18-15-12-9-6-3)83-77(80)71-68-65-62-59-56-53-50-46-29-26-23-20-17-14-11-8-5-2/h8,11,17-18,20-22,25-27,29-31,48,74H,4-7,9-10,12-16,19,23-24,28,32-47,49-73H2,1-3H3/b11-8-,20-17-,21-18-,25-22-,29-26-,31-30-,48-27-. The van der Waals surface area contributed by atoms with Crippen molar-refractivity contribution in [2.45, 2.75) is 374 Å². The van der Waals surface area contributed by atoms with E-state index in [1.165, 1.54) is 218 Å². The molecule has 0 N–H and O–H groups in total. The fourth-order valence-electron chi connectivity index (χ4n) is 10.5. The molecule has 1 atom stereocenters. The van der Waals surface area contributed by atoms with Crippen LogP contribution in [0, 0.1) is 0 Å². The van der Waals surface area contributed by atoms with Crippen LogP contribution in [-0.4, -0.2) is 37.2 Å². The van der Waals surface area contributed by atoms with Crippen LogP contribution < -0.4 is 0 Å². The number of hydrogen-bond acceptors (Lipinski definition) is 6. The molecule has 0 bridgehead atoms. The second-order valence-corrected chi connectivity index (χ2v) is 24.1. The second-order valence-electron chi connectivity index (χ2n) is 24.1. The summed E-state index contributed by atoms with van der Waals surface area (Å²) in [5.41, 5.74) is 0. The van der Waals surface area contributed by atoms with E-state index < -0.39 is 6.10 Å². The molecular weight excluding hydrogens is 1020 g/mol. The van der Waals surface area contributed by atoms with Crippen LogP contribution in [0.4, 0.5) is 0 Å². The average molecular weight is 1160 g/mol. The maximum atomic E-state index is 12.9. The lowest BCUT2D eigenvalue weighted by molar-refractivity contribution is -0.167. The summed E-state index contributed by atoms with van der Waals surface area (Å²) >= 11 is 0. The molecule has 0 aliphatic heterocycles. The third-order valence-electron chi connectivity index (χ3n) is 15.9. The zero-order valence-corrected chi connectivity index (χ0v) is 55.2. The third-order valence-corrected chi connectivity index (χ3v) is 15.9. The first-order valence-corrected chi connectivity index (χ1v) is 36.1. The molecule has 83 heavy (non-hydrogen) atoms. The Labute approximate surface area is 515 Å². The third kappa shape index (κ3) is 69.3. The largest absolute Gasteiger partial charge is 0.462 e. The Morgan fingerprint density at radius 1 is 0.253 bits per heavy atom. The van der Waals surface area contributed by atoms with Gasteiger partial charge in [-0.3, -0.25) is 14.4 Å². The van der Waals surface area contributed by atoms with E-state index in [1.54, 1.807) is 0 Å². The predicted octanol–water partition coefficient (Wildman–Crippen LogP) is 25.0. The summed E-state index contributed by atoms with van der Waals surface area (Å²) in [6.07, 6.45) is 94.8. The van der Waals surface area contributed by atoms with Crippen LogP contribution in [0.15, 0.2) is 85.1 Å². The number of hydrogen-bond donors (Lipinski definition) is 0. The SMILES string of the molecule is CC/C=C\C/C=C\C/C=C\CCCCCCCCCC(=O)OC(COC(=O)CCCCCCC/C=C\C/C=C\CCCCC)COC(=O)CCCCCCCCCCCCCCCCCCCCCCC/C=C\C/C=C\CCCCCCC. The Morgan fingerprint density at radius 2 is 0.470 bits per heavy atom. The molecule has 0 amide bonds. The van der Waals surface area contributed by atoms with Crippen molar-refractivity contribution in [2.75, 3.05) is 13.2 Å². The van der Waals surface area contributed by atoms with Gasteiger partial charge in [0, 0.05) is 19.3 Å². The summed E-state index contributed by atoms with van der Waals surface area (Å²) < 4.78 is 17.0. The van der Waals surface area contributed by atoms with Crippen molar-refractivity contribution >= 4 is 17.9 Å². The van der Waals surface area contributed by atoms with E-state index in [1.807, 2.05) is 0 Å². The molecule has 0 aliphatic carbocycles. The molecule has 0 aromatic carbocycles. The highest BCUT2D eigenvalue weighted by atomic mass is 16.6. The summed E-state index contributed by atoms with van der Waals surface area (Å²) in [6.45, 7) is 6.52. The minimum absolute atomic E-state index is 0.0820. The second kappa shape index (κ2) is 71.1. The molecule has 0 radical (unpaired) electrons. The summed E-state index contributed by atoms with van der Waals surface area (Å²) in [7, 11) is 0. The van der Waals surface area contributed by atoms with Gasteiger partial charge >= 0.3 is 17.9 Å². The summed E-state index contributed by atoms with van der Waals surface area (Å²) in [6, 6.07) is 0. The van der Waals surface area contributed by atoms with Crippen LogP contribution in [0.2, 0.25) is 0 Å². The highest BCUT2D eigenvalue weighted by Gasteiger charge is 2.19. The van der Waals surface area contributed by atoms with Crippen LogP contribution in [0.3, 0.4) is 0 Å². The zero-order chi connectivity index (χ0) is 59.9. The highest BCUT2D eigenvalue weighted by molar-refractivity contribution is 5.71. The van der Waals surface area contributed by atoms with Gasteiger partial charge in [0.15, 0.2) is 6.10 Å². The monoisotopic (exact) mass is 1160 g/mol. The molecule has 0 spiro atoms. The summed E-state index contributed by atoms with van der Waals surface area (Å²) in [5, 5.41) is 0. The molecule has 1 unspecified atom stereocenters. The van der Waals surface area contributed by atoms with E-state index in [4.69, 9.17) is 14.2 Å². The van der Waals surface area contributed by atoms with Crippen LogP contribution in [0.25, 0.3) is 0 Å². The molecule has 480 valence electrons. The maximum Gasteiger partial charge on any atom is 0.306 e. The normalized spacial score (nSPS) is 12.6. The smallest absolute Gasteiger partial charge is 0.306 e. The van der Waals surface area contributed by atoms with E-state index in [0.717, 1.165) is 109 Å². The Balaban J connectivity index is 4.18. The fraction of sp³-hybridized carbons (Fsp3) is 0.779. The molecule has 0 aliphatic rings. The molecular formula is C77H136O6. The van der Waals surface area contributed by atoms with Gasteiger partial charge in [-0.2, -0.15) is 0 Å². The van der Waals surface area contributed by atoms with E-state index in [2.05, 4.69) is 106 Å². The lowest BCUT2D eigenvalue weighted by Crippen LogP contribution is -2.30. The first kappa shape index (κ1) is 79.6.